The highest BCUT2D eigenvalue weighted by Gasteiger charge is 2.30. The SMILES string of the molecule is Cl.NCc1nc(C(=O)NC2CCCC2c2ccccc2)cs1. The number of benzene rings is 1. The number of nitrogens with one attached hydrogen (secondary N) is 1. The van der Waals surface area contributed by atoms with Crippen LogP contribution in [0.3, 0.4) is 0 Å². The van der Waals surface area contributed by atoms with E-state index in [-0.39, 0.29) is 24.4 Å². The molecule has 3 N–H and O–H groups in total. The minimum atomic E-state index is -0.0845. The lowest BCUT2D eigenvalue weighted by Crippen LogP contribution is -2.36. The molecule has 2 aromatic rings. The monoisotopic (exact) mass is 337 g/mol. The molecule has 0 aliphatic heterocycles. The van der Waals surface area contributed by atoms with E-state index in [0.29, 0.717) is 18.2 Å². The highest BCUT2D eigenvalue weighted by molar-refractivity contribution is 7.09. The highest BCUT2D eigenvalue weighted by Crippen LogP contribution is 2.34. The van der Waals surface area contributed by atoms with Gasteiger partial charge in [-0.1, -0.05) is 36.8 Å². The average molecular weight is 338 g/mol. The van der Waals surface area contributed by atoms with E-state index in [2.05, 4.69) is 34.6 Å². The number of carbonyl (C=O) groups is 1. The molecule has 2 unspecified atom stereocenters. The van der Waals surface area contributed by atoms with Crippen LogP contribution in [0.1, 0.15) is 46.2 Å². The third-order valence-electron chi connectivity index (χ3n) is 4.02. The van der Waals surface area contributed by atoms with Gasteiger partial charge in [-0.3, -0.25) is 4.79 Å². The molecule has 4 nitrogen and oxygen atoms in total. The Labute approximate surface area is 140 Å². The Bertz CT molecular complexity index is 617. The summed E-state index contributed by atoms with van der Waals surface area (Å²) < 4.78 is 0. The number of thiazole rings is 1. The van der Waals surface area contributed by atoms with Gasteiger partial charge in [0.05, 0.1) is 0 Å². The van der Waals surface area contributed by atoms with Crippen molar-refractivity contribution in [3.8, 4) is 0 Å². The molecule has 6 heteroatoms. The zero-order valence-electron chi connectivity index (χ0n) is 12.2. The van der Waals surface area contributed by atoms with Gasteiger partial charge in [0.25, 0.3) is 5.91 Å². The molecule has 118 valence electrons. The lowest BCUT2D eigenvalue weighted by Gasteiger charge is -2.21. The van der Waals surface area contributed by atoms with Crippen molar-refractivity contribution >= 4 is 29.7 Å². The van der Waals surface area contributed by atoms with Crippen LogP contribution < -0.4 is 11.1 Å². The van der Waals surface area contributed by atoms with Crippen molar-refractivity contribution in [3.05, 3.63) is 52.0 Å². The van der Waals surface area contributed by atoms with Gasteiger partial charge in [0.2, 0.25) is 0 Å². The molecule has 1 aliphatic carbocycles. The molecule has 0 saturated heterocycles. The molecule has 1 heterocycles. The van der Waals surface area contributed by atoms with Gasteiger partial charge in [-0.2, -0.15) is 0 Å². The van der Waals surface area contributed by atoms with Crippen LogP contribution in [0.5, 0.6) is 0 Å². The van der Waals surface area contributed by atoms with E-state index in [4.69, 9.17) is 5.73 Å². The smallest absolute Gasteiger partial charge is 0.270 e. The van der Waals surface area contributed by atoms with Gasteiger partial charge in [-0.05, 0) is 18.4 Å². The number of hydrogen-bond acceptors (Lipinski definition) is 4. The fraction of sp³-hybridized carbons (Fsp3) is 0.375. The lowest BCUT2D eigenvalue weighted by molar-refractivity contribution is 0.0930. The summed E-state index contributed by atoms with van der Waals surface area (Å²) in [6.07, 6.45) is 3.30. The summed E-state index contributed by atoms with van der Waals surface area (Å²) in [4.78, 5) is 16.5. The summed E-state index contributed by atoms with van der Waals surface area (Å²) in [6.45, 7) is 0.383. The second-order valence-electron chi connectivity index (χ2n) is 5.36. The Morgan fingerprint density at radius 2 is 2.09 bits per heavy atom. The third kappa shape index (κ3) is 3.66. The second-order valence-corrected chi connectivity index (χ2v) is 6.30. The second kappa shape index (κ2) is 7.72. The topological polar surface area (TPSA) is 68.0 Å². The quantitative estimate of drug-likeness (QED) is 0.900. The first kappa shape index (κ1) is 16.9. The zero-order chi connectivity index (χ0) is 14.7. The van der Waals surface area contributed by atoms with Gasteiger partial charge in [0.1, 0.15) is 10.7 Å². The van der Waals surface area contributed by atoms with Crippen molar-refractivity contribution in [2.24, 2.45) is 5.73 Å². The first-order valence-electron chi connectivity index (χ1n) is 7.28. The molecule has 0 spiro atoms. The summed E-state index contributed by atoms with van der Waals surface area (Å²) in [6, 6.07) is 10.6. The van der Waals surface area contributed by atoms with Crippen molar-refractivity contribution in [3.63, 3.8) is 0 Å². The number of rotatable bonds is 4. The Morgan fingerprint density at radius 1 is 1.32 bits per heavy atom. The van der Waals surface area contributed by atoms with Crippen molar-refractivity contribution < 1.29 is 4.79 Å². The van der Waals surface area contributed by atoms with Gasteiger partial charge in [-0.15, -0.1) is 23.7 Å². The Balaban J connectivity index is 0.00000176. The number of amides is 1. The molecular weight excluding hydrogens is 318 g/mol. The maximum atomic E-state index is 12.3. The van der Waals surface area contributed by atoms with Crippen LogP contribution in [0.2, 0.25) is 0 Å². The number of nitrogens with two attached hydrogens (primary N) is 1. The highest BCUT2D eigenvalue weighted by atomic mass is 35.5. The standard InChI is InChI=1S/C16H19N3OS.ClH/c17-9-15-18-14(10-21-15)16(20)19-13-8-4-7-12(13)11-5-2-1-3-6-11;/h1-3,5-6,10,12-13H,4,7-9,17H2,(H,19,20);1H. The lowest BCUT2D eigenvalue weighted by atomic mass is 9.94. The minimum Gasteiger partial charge on any atom is -0.347 e. The minimum absolute atomic E-state index is 0. The fourth-order valence-corrected chi connectivity index (χ4v) is 3.64. The van der Waals surface area contributed by atoms with Gasteiger partial charge in [0, 0.05) is 23.9 Å². The van der Waals surface area contributed by atoms with Crippen LogP contribution in [-0.4, -0.2) is 16.9 Å². The molecule has 1 aromatic heterocycles. The molecule has 0 radical (unpaired) electrons. The summed E-state index contributed by atoms with van der Waals surface area (Å²) in [7, 11) is 0. The molecule has 0 bridgehead atoms. The van der Waals surface area contributed by atoms with Gasteiger partial charge in [0.15, 0.2) is 0 Å². The Morgan fingerprint density at radius 3 is 2.77 bits per heavy atom. The van der Waals surface area contributed by atoms with E-state index < -0.39 is 0 Å². The molecule has 1 aromatic carbocycles. The molecule has 1 amide bonds. The number of aromatic nitrogens is 1. The number of hydrogen-bond donors (Lipinski definition) is 2. The van der Waals surface area contributed by atoms with Crippen LogP contribution in [0, 0.1) is 0 Å². The van der Waals surface area contributed by atoms with Crippen LogP contribution in [0.4, 0.5) is 0 Å². The van der Waals surface area contributed by atoms with Gasteiger partial charge in [-0.25, -0.2) is 4.98 Å². The van der Waals surface area contributed by atoms with E-state index in [9.17, 15) is 4.79 Å². The van der Waals surface area contributed by atoms with E-state index in [1.807, 2.05) is 6.07 Å². The Kier molecular flexibility index (Phi) is 5.94. The van der Waals surface area contributed by atoms with Crippen molar-refractivity contribution in [1.82, 2.24) is 10.3 Å². The van der Waals surface area contributed by atoms with Crippen LogP contribution in [-0.2, 0) is 6.54 Å². The van der Waals surface area contributed by atoms with E-state index >= 15 is 0 Å². The predicted octanol–water partition coefficient (Wildman–Crippen LogP) is 3.09. The fourth-order valence-electron chi connectivity index (χ4n) is 2.98. The molecule has 1 fully saturated rings. The predicted molar refractivity (Wildman–Crippen MR) is 91.5 cm³/mol. The molecule has 2 atom stereocenters. The zero-order valence-corrected chi connectivity index (χ0v) is 13.8. The number of nitrogens with zero attached hydrogens (tertiary/aromatic N) is 1. The average Bonchev–Trinajstić information content (AvgIpc) is 3.17. The number of carbonyl (C=O) groups excluding carboxylic acids is 1. The van der Waals surface area contributed by atoms with Gasteiger partial charge < -0.3 is 11.1 Å². The van der Waals surface area contributed by atoms with Crippen molar-refractivity contribution in [1.29, 1.82) is 0 Å². The maximum Gasteiger partial charge on any atom is 0.270 e. The largest absolute Gasteiger partial charge is 0.347 e. The first-order chi connectivity index (χ1) is 10.3. The molecule has 3 rings (SSSR count). The van der Waals surface area contributed by atoms with Crippen LogP contribution >= 0.6 is 23.7 Å². The van der Waals surface area contributed by atoms with E-state index in [0.717, 1.165) is 24.3 Å². The normalized spacial score (nSPS) is 20.4. The third-order valence-corrected chi connectivity index (χ3v) is 4.89. The molecule has 22 heavy (non-hydrogen) atoms. The number of halogens is 1. The van der Waals surface area contributed by atoms with E-state index in [1.165, 1.54) is 16.9 Å². The van der Waals surface area contributed by atoms with Crippen LogP contribution in [0.15, 0.2) is 35.7 Å². The maximum absolute atomic E-state index is 12.3. The van der Waals surface area contributed by atoms with E-state index in [1.54, 1.807) is 5.38 Å². The van der Waals surface area contributed by atoms with Crippen LogP contribution in [0.25, 0.3) is 0 Å². The molecule has 1 aliphatic rings. The summed E-state index contributed by atoms with van der Waals surface area (Å²) in [5, 5.41) is 5.72. The summed E-state index contributed by atoms with van der Waals surface area (Å²) in [5.74, 6) is 0.321. The summed E-state index contributed by atoms with van der Waals surface area (Å²) >= 11 is 1.44. The van der Waals surface area contributed by atoms with Gasteiger partial charge >= 0.3 is 0 Å². The first-order valence-corrected chi connectivity index (χ1v) is 8.16. The summed E-state index contributed by atoms with van der Waals surface area (Å²) in [5.41, 5.74) is 7.33. The van der Waals surface area contributed by atoms with Crippen molar-refractivity contribution in [2.75, 3.05) is 0 Å². The Hall–Kier alpha value is -1.43. The van der Waals surface area contributed by atoms with Crippen molar-refractivity contribution in [2.45, 2.75) is 37.8 Å². The molecular formula is C16H20ClN3OS. The molecule has 1 saturated carbocycles.